The maximum absolute atomic E-state index is 12.4. The molecule has 1 aromatic heterocycles. The lowest BCUT2D eigenvalue weighted by Gasteiger charge is -2.18. The Bertz CT molecular complexity index is 815. The Balaban J connectivity index is 1.51. The maximum Gasteiger partial charge on any atom is 0.241 e. The molecule has 0 aliphatic heterocycles. The number of amides is 1. The number of carbonyl (C=O) groups is 1. The number of hydrogen-bond donors (Lipinski definition) is 2. The van der Waals surface area contributed by atoms with Crippen LogP contribution in [0.3, 0.4) is 0 Å². The van der Waals surface area contributed by atoms with Crippen molar-refractivity contribution in [2.24, 2.45) is 0 Å². The van der Waals surface area contributed by atoms with Gasteiger partial charge in [-0.1, -0.05) is 37.3 Å². The Hall–Kier alpha value is -2.99. The lowest BCUT2D eigenvalue weighted by Crippen LogP contribution is -2.39. The highest BCUT2D eigenvalue weighted by atomic mass is 16.2. The quantitative estimate of drug-likeness (QED) is 0.688. The summed E-state index contributed by atoms with van der Waals surface area (Å²) in [7, 11) is 0. The molecule has 3 rings (SSSR count). The molecule has 0 spiro atoms. The van der Waals surface area contributed by atoms with Gasteiger partial charge >= 0.3 is 0 Å². The molecule has 0 radical (unpaired) electrons. The van der Waals surface area contributed by atoms with Gasteiger partial charge in [0.2, 0.25) is 5.91 Å². The van der Waals surface area contributed by atoms with Gasteiger partial charge in [-0.25, -0.2) is 9.67 Å². The first-order valence-corrected chi connectivity index (χ1v) is 8.68. The van der Waals surface area contributed by atoms with Gasteiger partial charge in [-0.2, -0.15) is 5.10 Å². The van der Waals surface area contributed by atoms with E-state index in [2.05, 4.69) is 39.8 Å². The van der Waals surface area contributed by atoms with Gasteiger partial charge in [0.1, 0.15) is 12.7 Å². The third-order valence-corrected chi connectivity index (χ3v) is 4.31. The summed E-state index contributed by atoms with van der Waals surface area (Å²) in [6, 6.07) is 17.5. The summed E-state index contributed by atoms with van der Waals surface area (Å²) in [4.78, 5) is 16.3. The van der Waals surface area contributed by atoms with E-state index in [-0.39, 0.29) is 11.9 Å². The second-order valence-electron chi connectivity index (χ2n) is 6.32. The average molecular weight is 349 g/mol. The molecule has 0 aliphatic carbocycles. The number of hydrogen-bond acceptors (Lipinski definition) is 4. The molecule has 0 fully saturated rings. The lowest BCUT2D eigenvalue weighted by atomic mass is 10.0. The third kappa shape index (κ3) is 4.55. The minimum atomic E-state index is -0.281. The Morgan fingerprint density at radius 3 is 2.46 bits per heavy atom. The van der Waals surface area contributed by atoms with Gasteiger partial charge in [0, 0.05) is 12.2 Å². The first kappa shape index (κ1) is 17.8. The van der Waals surface area contributed by atoms with Gasteiger partial charge in [-0.15, -0.1) is 0 Å². The van der Waals surface area contributed by atoms with Gasteiger partial charge in [0.15, 0.2) is 0 Å². The molecular formula is C20H23N5O. The van der Waals surface area contributed by atoms with Crippen molar-refractivity contribution >= 4 is 11.6 Å². The van der Waals surface area contributed by atoms with Gasteiger partial charge < -0.3 is 10.6 Å². The van der Waals surface area contributed by atoms with Crippen LogP contribution in [-0.2, 0) is 4.79 Å². The minimum absolute atomic E-state index is 0.0567. The standard InChI is InChI=1S/C20H23N5O/c1-15(17-6-4-3-5-7-17)12-22-16(2)20(26)24-18-8-10-19(11-9-18)25-14-21-13-23-25/h3-11,13-16,22H,12H2,1-2H3,(H,24,26)/t15-,16+/m1/s1. The summed E-state index contributed by atoms with van der Waals surface area (Å²) in [5.41, 5.74) is 2.91. The topological polar surface area (TPSA) is 71.8 Å². The largest absolute Gasteiger partial charge is 0.325 e. The van der Waals surface area contributed by atoms with Crippen LogP contribution in [0.4, 0.5) is 5.69 Å². The van der Waals surface area contributed by atoms with Gasteiger partial charge in [-0.05, 0) is 42.7 Å². The predicted molar refractivity (Wildman–Crippen MR) is 102 cm³/mol. The fraction of sp³-hybridized carbons (Fsp3) is 0.250. The number of aromatic nitrogens is 3. The highest BCUT2D eigenvalue weighted by Crippen LogP contribution is 2.14. The second kappa shape index (κ2) is 8.40. The van der Waals surface area contributed by atoms with Crippen LogP contribution in [0, 0.1) is 0 Å². The molecule has 26 heavy (non-hydrogen) atoms. The van der Waals surface area contributed by atoms with E-state index in [1.54, 1.807) is 11.0 Å². The van der Waals surface area contributed by atoms with Crippen molar-refractivity contribution in [2.75, 3.05) is 11.9 Å². The van der Waals surface area contributed by atoms with Crippen LogP contribution in [-0.4, -0.2) is 33.3 Å². The van der Waals surface area contributed by atoms with Crippen LogP contribution in [0.1, 0.15) is 25.3 Å². The molecule has 6 nitrogen and oxygen atoms in total. The van der Waals surface area contributed by atoms with Crippen LogP contribution in [0.25, 0.3) is 5.69 Å². The molecule has 1 amide bonds. The monoisotopic (exact) mass is 349 g/mol. The number of carbonyl (C=O) groups excluding carboxylic acids is 1. The average Bonchev–Trinajstić information content (AvgIpc) is 3.22. The van der Waals surface area contributed by atoms with Crippen molar-refractivity contribution in [3.8, 4) is 5.69 Å². The van der Waals surface area contributed by atoms with Crippen molar-refractivity contribution in [3.05, 3.63) is 72.8 Å². The molecule has 2 atom stereocenters. The molecule has 134 valence electrons. The van der Waals surface area contributed by atoms with Gasteiger partial charge in [0.05, 0.1) is 11.7 Å². The van der Waals surface area contributed by atoms with Crippen LogP contribution < -0.4 is 10.6 Å². The third-order valence-electron chi connectivity index (χ3n) is 4.31. The molecule has 1 heterocycles. The van der Waals surface area contributed by atoms with E-state index in [9.17, 15) is 4.79 Å². The molecule has 2 aromatic carbocycles. The van der Waals surface area contributed by atoms with E-state index in [0.29, 0.717) is 5.92 Å². The van der Waals surface area contributed by atoms with E-state index >= 15 is 0 Å². The van der Waals surface area contributed by atoms with E-state index in [1.165, 1.54) is 11.9 Å². The van der Waals surface area contributed by atoms with Crippen LogP contribution in [0.2, 0.25) is 0 Å². The molecular weight excluding hydrogens is 326 g/mol. The van der Waals surface area contributed by atoms with E-state index in [4.69, 9.17) is 0 Å². The molecule has 3 aromatic rings. The zero-order valence-corrected chi connectivity index (χ0v) is 15.0. The molecule has 0 saturated carbocycles. The normalized spacial score (nSPS) is 13.2. The highest BCUT2D eigenvalue weighted by Gasteiger charge is 2.14. The zero-order valence-electron chi connectivity index (χ0n) is 15.0. The smallest absolute Gasteiger partial charge is 0.241 e. The van der Waals surface area contributed by atoms with Gasteiger partial charge in [0.25, 0.3) is 0 Å². The van der Waals surface area contributed by atoms with Crippen molar-refractivity contribution in [3.63, 3.8) is 0 Å². The van der Waals surface area contributed by atoms with Crippen molar-refractivity contribution in [1.82, 2.24) is 20.1 Å². The number of benzene rings is 2. The lowest BCUT2D eigenvalue weighted by molar-refractivity contribution is -0.117. The molecule has 0 saturated heterocycles. The first-order chi connectivity index (χ1) is 12.6. The molecule has 0 aliphatic rings. The van der Waals surface area contributed by atoms with Crippen LogP contribution in [0.5, 0.6) is 0 Å². The Morgan fingerprint density at radius 2 is 1.81 bits per heavy atom. The summed E-state index contributed by atoms with van der Waals surface area (Å²) in [5.74, 6) is 0.284. The fourth-order valence-electron chi connectivity index (χ4n) is 2.64. The second-order valence-corrected chi connectivity index (χ2v) is 6.32. The number of anilines is 1. The SMILES string of the molecule is C[C@H](NC[C@@H](C)c1ccccc1)C(=O)Nc1ccc(-n2cncn2)cc1. The summed E-state index contributed by atoms with van der Waals surface area (Å²) in [5, 5.41) is 10.3. The number of nitrogens with one attached hydrogen (secondary N) is 2. The van der Waals surface area contributed by atoms with E-state index < -0.39 is 0 Å². The van der Waals surface area contributed by atoms with Crippen LogP contribution in [0.15, 0.2) is 67.3 Å². The Kier molecular flexibility index (Phi) is 5.76. The summed E-state index contributed by atoms with van der Waals surface area (Å²) in [6.45, 7) is 4.76. The zero-order chi connectivity index (χ0) is 18.4. The maximum atomic E-state index is 12.4. The summed E-state index contributed by atoms with van der Waals surface area (Å²) >= 11 is 0. The first-order valence-electron chi connectivity index (χ1n) is 8.68. The van der Waals surface area contributed by atoms with Crippen molar-refractivity contribution in [2.45, 2.75) is 25.8 Å². The Morgan fingerprint density at radius 1 is 1.08 bits per heavy atom. The molecule has 0 unspecified atom stereocenters. The number of nitrogens with zero attached hydrogens (tertiary/aromatic N) is 3. The van der Waals surface area contributed by atoms with E-state index in [0.717, 1.165) is 17.9 Å². The summed E-state index contributed by atoms with van der Waals surface area (Å²) in [6.07, 6.45) is 3.12. The van der Waals surface area contributed by atoms with E-state index in [1.807, 2.05) is 49.4 Å². The molecule has 6 heteroatoms. The predicted octanol–water partition coefficient (Wildman–Crippen LogP) is 2.99. The van der Waals surface area contributed by atoms with Crippen LogP contribution >= 0.6 is 0 Å². The van der Waals surface area contributed by atoms with Gasteiger partial charge in [-0.3, -0.25) is 4.79 Å². The van der Waals surface area contributed by atoms with Crippen molar-refractivity contribution < 1.29 is 4.79 Å². The summed E-state index contributed by atoms with van der Waals surface area (Å²) < 4.78 is 1.67. The minimum Gasteiger partial charge on any atom is -0.325 e. The number of rotatable bonds is 7. The fourth-order valence-corrected chi connectivity index (χ4v) is 2.64. The molecule has 2 N–H and O–H groups in total. The highest BCUT2D eigenvalue weighted by molar-refractivity contribution is 5.94. The Labute approximate surface area is 153 Å². The van der Waals surface area contributed by atoms with Crippen molar-refractivity contribution in [1.29, 1.82) is 0 Å². The molecule has 0 bridgehead atoms.